The van der Waals surface area contributed by atoms with Crippen molar-refractivity contribution in [2.24, 2.45) is 5.16 Å². The predicted molar refractivity (Wildman–Crippen MR) is 133 cm³/mol. The van der Waals surface area contributed by atoms with E-state index < -0.39 is 11.9 Å². The van der Waals surface area contributed by atoms with E-state index in [1.54, 1.807) is 27.6 Å². The molecule has 2 aromatic rings. The monoisotopic (exact) mass is 508 g/mol. The Morgan fingerprint density at radius 3 is 2.76 bits per heavy atom. The minimum atomic E-state index is -1.01. The number of nitrogens with zero attached hydrogens (tertiary/aromatic N) is 4. The number of aryl methyl sites for hydroxylation is 1. The number of carboxylic acid groups (broad SMARTS) is 1. The van der Waals surface area contributed by atoms with Gasteiger partial charge in [0.15, 0.2) is 10.8 Å². The first-order chi connectivity index (χ1) is 15.8. The molecule has 0 unspecified atom stereocenters. The molecule has 0 aromatic carbocycles. The molecule has 13 heteroatoms. The van der Waals surface area contributed by atoms with Crippen LogP contribution in [0.4, 0.5) is 5.13 Å². The van der Waals surface area contributed by atoms with Gasteiger partial charge in [0.25, 0.3) is 5.91 Å². The number of amides is 1. The molecule has 3 heterocycles. The van der Waals surface area contributed by atoms with Crippen LogP contribution in [0.25, 0.3) is 6.08 Å². The number of rotatable bonds is 10. The lowest BCUT2D eigenvalue weighted by Crippen LogP contribution is -2.60. The van der Waals surface area contributed by atoms with Gasteiger partial charge in [-0.15, -0.1) is 22.7 Å². The van der Waals surface area contributed by atoms with Crippen LogP contribution in [0.15, 0.2) is 33.4 Å². The summed E-state index contributed by atoms with van der Waals surface area (Å²) >= 11 is 4.24. The van der Waals surface area contributed by atoms with Crippen molar-refractivity contribution in [3.8, 4) is 0 Å². The molecule has 176 valence electrons. The number of thiazole rings is 2. The van der Waals surface area contributed by atoms with E-state index in [-0.39, 0.29) is 17.5 Å². The fraction of sp³-hybridized carbons (Fsp3) is 0.350. The van der Waals surface area contributed by atoms with Crippen LogP contribution in [0.1, 0.15) is 16.3 Å². The van der Waals surface area contributed by atoms with E-state index in [2.05, 4.69) is 20.4 Å². The molecule has 0 atom stereocenters. The fourth-order valence-electron chi connectivity index (χ4n) is 3.17. The number of nitrogens with two attached hydrogens (primary N) is 1. The van der Waals surface area contributed by atoms with Crippen LogP contribution in [0, 0.1) is 6.92 Å². The number of anilines is 1. The molecule has 1 fully saturated rings. The number of nitrogens with one attached hydrogen (secondary N) is 1. The average Bonchev–Trinajstić information content (AvgIpc) is 3.35. The second kappa shape index (κ2) is 11.3. The van der Waals surface area contributed by atoms with E-state index in [1.807, 2.05) is 25.3 Å². The summed E-state index contributed by atoms with van der Waals surface area (Å²) in [6.45, 7) is 2.63. The van der Waals surface area contributed by atoms with Crippen molar-refractivity contribution in [2.75, 3.05) is 37.9 Å². The highest BCUT2D eigenvalue weighted by atomic mass is 32.2. The highest BCUT2D eigenvalue weighted by molar-refractivity contribution is 7.98. The highest BCUT2D eigenvalue weighted by Gasteiger charge is 2.35. The summed E-state index contributed by atoms with van der Waals surface area (Å²) < 4.78 is 0. The summed E-state index contributed by atoms with van der Waals surface area (Å²) in [7, 11) is 1.34. The van der Waals surface area contributed by atoms with Crippen LogP contribution in [0.2, 0.25) is 0 Å². The van der Waals surface area contributed by atoms with E-state index in [1.165, 1.54) is 29.8 Å². The third-order valence-corrected chi connectivity index (χ3v) is 6.89. The minimum absolute atomic E-state index is 0.0174. The maximum atomic E-state index is 12.7. The number of carbonyl (C=O) groups is 2. The van der Waals surface area contributed by atoms with Gasteiger partial charge in [0.2, 0.25) is 0 Å². The summed E-state index contributed by atoms with van der Waals surface area (Å²) in [5.74, 6) is -0.925. The molecule has 1 aliphatic heterocycles. The fourth-order valence-corrected chi connectivity index (χ4v) is 4.96. The Kier molecular flexibility index (Phi) is 8.47. The van der Waals surface area contributed by atoms with Gasteiger partial charge in [-0.1, -0.05) is 11.2 Å². The normalized spacial score (nSPS) is 15.4. The zero-order valence-corrected chi connectivity index (χ0v) is 20.7. The lowest BCUT2D eigenvalue weighted by atomic mass is 10.0. The third-order valence-electron chi connectivity index (χ3n) is 4.72. The molecule has 0 aliphatic carbocycles. The minimum Gasteiger partial charge on any atom is -0.477 e. The zero-order chi connectivity index (χ0) is 24.0. The van der Waals surface area contributed by atoms with Gasteiger partial charge in [-0.05, 0) is 24.8 Å². The van der Waals surface area contributed by atoms with E-state index in [4.69, 9.17) is 10.6 Å². The maximum absolute atomic E-state index is 12.7. The van der Waals surface area contributed by atoms with Crippen LogP contribution in [0.5, 0.6) is 0 Å². The summed E-state index contributed by atoms with van der Waals surface area (Å²) in [5.41, 5.74) is 9.58. The van der Waals surface area contributed by atoms with Crippen molar-refractivity contribution < 1.29 is 19.5 Å². The van der Waals surface area contributed by atoms with Gasteiger partial charge in [-0.3, -0.25) is 4.79 Å². The van der Waals surface area contributed by atoms with Gasteiger partial charge >= 0.3 is 5.97 Å². The molecule has 0 spiro atoms. The van der Waals surface area contributed by atoms with Crippen molar-refractivity contribution in [1.82, 2.24) is 20.2 Å². The van der Waals surface area contributed by atoms with Crippen molar-refractivity contribution >= 4 is 63.2 Å². The standard InChI is InChI=1S/C20H24N6O4S3/c1-11-15(33-10-22-11)5-4-12(8-31-3)17(19(28)29)26-6-13(7-26)23-18(27)16(25-30-2)14-9-32-20(21)24-14/h4-5,9-10,13H,6-8H2,1-3H3,(H2,21,24)(H,23,27)(H,28,29)/b5-4-,17-12-,25-16-. The lowest BCUT2D eigenvalue weighted by molar-refractivity contribution is -0.135. The van der Waals surface area contributed by atoms with Gasteiger partial charge in [0.1, 0.15) is 18.5 Å². The Labute approximate surface area is 203 Å². The van der Waals surface area contributed by atoms with E-state index in [0.717, 1.165) is 10.6 Å². The molecule has 1 amide bonds. The van der Waals surface area contributed by atoms with Gasteiger partial charge in [-0.25, -0.2) is 14.8 Å². The molecule has 2 aromatic heterocycles. The molecule has 1 saturated heterocycles. The number of thioether (sulfide) groups is 1. The van der Waals surface area contributed by atoms with Gasteiger partial charge < -0.3 is 25.9 Å². The van der Waals surface area contributed by atoms with Crippen molar-refractivity contribution in [1.29, 1.82) is 0 Å². The van der Waals surface area contributed by atoms with E-state index >= 15 is 0 Å². The number of likely N-dealkylation sites (tertiary alicyclic amines) is 1. The van der Waals surface area contributed by atoms with Gasteiger partial charge in [-0.2, -0.15) is 11.8 Å². The average molecular weight is 509 g/mol. The highest BCUT2D eigenvalue weighted by Crippen LogP contribution is 2.24. The molecule has 0 bridgehead atoms. The third kappa shape index (κ3) is 6.12. The molecule has 10 nitrogen and oxygen atoms in total. The Hall–Kier alpha value is -2.90. The number of nitrogen functional groups attached to an aromatic ring is 1. The lowest BCUT2D eigenvalue weighted by Gasteiger charge is -2.41. The van der Waals surface area contributed by atoms with Crippen LogP contribution in [-0.4, -0.2) is 75.8 Å². The van der Waals surface area contributed by atoms with E-state index in [9.17, 15) is 14.7 Å². The Morgan fingerprint density at radius 2 is 2.21 bits per heavy atom. The molecular weight excluding hydrogens is 484 g/mol. The number of aliphatic carboxylic acids is 1. The second-order valence-corrected chi connectivity index (χ2v) is 9.66. The SMILES string of the molecule is CO/N=C(\C(=O)NC1CN(/C(C(=O)O)=C(/C=C\c2scnc2C)CSC)C1)c1csc(N)n1. The number of allylic oxidation sites excluding steroid dienone is 1. The molecule has 0 radical (unpaired) electrons. The number of carbonyl (C=O) groups excluding carboxylic acids is 1. The van der Waals surface area contributed by atoms with Crippen LogP contribution in [0.3, 0.4) is 0 Å². The topological polar surface area (TPSA) is 143 Å². The first-order valence-corrected chi connectivity index (χ1v) is 12.9. The predicted octanol–water partition coefficient (Wildman–Crippen LogP) is 2.06. The number of oxime groups is 1. The van der Waals surface area contributed by atoms with Crippen LogP contribution in [-0.2, 0) is 14.4 Å². The quantitative estimate of drug-likeness (QED) is 0.190. The molecule has 1 aliphatic rings. The summed E-state index contributed by atoms with van der Waals surface area (Å²) in [4.78, 5) is 40.6. The van der Waals surface area contributed by atoms with Gasteiger partial charge in [0, 0.05) is 29.1 Å². The van der Waals surface area contributed by atoms with Crippen molar-refractivity contribution in [3.63, 3.8) is 0 Å². The molecule has 0 saturated carbocycles. The molecule has 3 rings (SSSR count). The number of carboxylic acids is 1. The zero-order valence-electron chi connectivity index (χ0n) is 18.3. The van der Waals surface area contributed by atoms with Crippen molar-refractivity contribution in [2.45, 2.75) is 13.0 Å². The molecule has 33 heavy (non-hydrogen) atoms. The summed E-state index contributed by atoms with van der Waals surface area (Å²) in [6, 6.07) is -0.242. The van der Waals surface area contributed by atoms with Crippen molar-refractivity contribution in [3.05, 3.63) is 44.5 Å². The van der Waals surface area contributed by atoms with Gasteiger partial charge in [0.05, 0.1) is 17.2 Å². The smallest absolute Gasteiger partial charge is 0.352 e. The number of hydrogen-bond donors (Lipinski definition) is 3. The second-order valence-electron chi connectivity index (χ2n) is 7.02. The first-order valence-electron chi connectivity index (χ1n) is 9.75. The Bertz CT molecular complexity index is 1100. The summed E-state index contributed by atoms with van der Waals surface area (Å²) in [5, 5.41) is 18.5. The first kappa shape index (κ1) is 24.7. The summed E-state index contributed by atoms with van der Waals surface area (Å²) in [6.07, 6.45) is 5.65. The number of hydrogen-bond acceptors (Lipinski definition) is 11. The maximum Gasteiger partial charge on any atom is 0.352 e. The van der Waals surface area contributed by atoms with Crippen LogP contribution >= 0.6 is 34.4 Å². The number of aromatic nitrogens is 2. The molecular formula is C20H24N6O4S3. The van der Waals surface area contributed by atoms with E-state index in [0.29, 0.717) is 35.2 Å². The Morgan fingerprint density at radius 1 is 1.45 bits per heavy atom. The largest absolute Gasteiger partial charge is 0.477 e. The molecule has 4 N–H and O–H groups in total. The Balaban J connectivity index is 1.72. The van der Waals surface area contributed by atoms with Crippen LogP contribution < -0.4 is 11.1 Å².